The number of carbonyl (C=O) groups is 2. The van der Waals surface area contributed by atoms with E-state index in [0.717, 1.165) is 18.9 Å². The van der Waals surface area contributed by atoms with Gasteiger partial charge in [-0.05, 0) is 36.8 Å². The highest BCUT2D eigenvalue weighted by Gasteiger charge is 2.48. The second kappa shape index (κ2) is 9.20. The summed E-state index contributed by atoms with van der Waals surface area (Å²) in [6, 6.07) is 5.18. The lowest BCUT2D eigenvalue weighted by atomic mass is 9.66. The van der Waals surface area contributed by atoms with Gasteiger partial charge in [0.2, 0.25) is 0 Å². The number of benzene rings is 1. The first kappa shape index (κ1) is 24.2. The first-order valence-electron chi connectivity index (χ1n) is 11.1. The topological polar surface area (TPSA) is 55.7 Å². The maximum absolute atomic E-state index is 13.9. The quantitative estimate of drug-likeness (QED) is 0.381. The molecule has 0 saturated heterocycles. The normalized spacial score (nSPS) is 23.0. The van der Waals surface area contributed by atoms with E-state index in [9.17, 15) is 22.8 Å². The third-order valence-corrected chi connectivity index (χ3v) is 6.15. The largest absolute Gasteiger partial charge is 0.465 e. The Labute approximate surface area is 186 Å². The van der Waals surface area contributed by atoms with Gasteiger partial charge in [-0.3, -0.25) is 14.6 Å². The van der Waals surface area contributed by atoms with Crippen LogP contribution in [0.1, 0.15) is 76.8 Å². The van der Waals surface area contributed by atoms with Crippen LogP contribution in [0.4, 0.5) is 13.2 Å². The Morgan fingerprint density at radius 2 is 1.88 bits per heavy atom. The number of aliphatic imine (C=N–C) groups is 1. The Morgan fingerprint density at radius 3 is 2.53 bits per heavy atom. The van der Waals surface area contributed by atoms with Crippen molar-refractivity contribution < 1.29 is 27.5 Å². The molecule has 174 valence electrons. The molecule has 0 aromatic heterocycles. The smallest absolute Gasteiger partial charge is 0.416 e. The fraction of sp³-hybridized carbons (Fsp3) is 0.560. The standard InChI is InChI=1S/C25H30F3NO3/c1-5-6-9-12-32-23(31)20-15(2)29-18-13-24(3,4)14-19(30)22(18)21(20)16-10-7-8-11-17(16)25(26,27)28/h7-8,10-11,20-21H,5-6,9,12-14H2,1-4H3/t20?,21-/m0/s1. The van der Waals surface area contributed by atoms with E-state index in [0.29, 0.717) is 24.3 Å². The summed E-state index contributed by atoms with van der Waals surface area (Å²) >= 11 is 0. The summed E-state index contributed by atoms with van der Waals surface area (Å²) in [6.07, 6.45) is -1.45. The number of ether oxygens (including phenoxy) is 1. The van der Waals surface area contributed by atoms with Crippen molar-refractivity contribution in [3.05, 3.63) is 46.7 Å². The van der Waals surface area contributed by atoms with Crippen LogP contribution in [0.15, 0.2) is 40.5 Å². The summed E-state index contributed by atoms with van der Waals surface area (Å²) in [4.78, 5) is 30.9. The van der Waals surface area contributed by atoms with Gasteiger partial charge in [-0.25, -0.2) is 0 Å². The van der Waals surface area contributed by atoms with E-state index in [1.54, 1.807) is 6.92 Å². The van der Waals surface area contributed by atoms with Crippen LogP contribution >= 0.6 is 0 Å². The summed E-state index contributed by atoms with van der Waals surface area (Å²) in [7, 11) is 0. The van der Waals surface area contributed by atoms with E-state index in [2.05, 4.69) is 4.99 Å². The van der Waals surface area contributed by atoms with E-state index in [4.69, 9.17) is 4.74 Å². The molecule has 7 heteroatoms. The minimum absolute atomic E-state index is 0.0784. The van der Waals surface area contributed by atoms with Gasteiger partial charge >= 0.3 is 12.1 Å². The number of halogens is 3. The molecule has 1 aliphatic carbocycles. The molecule has 0 radical (unpaired) electrons. The number of hydrogen-bond donors (Lipinski definition) is 0. The molecule has 2 atom stereocenters. The molecular weight excluding hydrogens is 419 g/mol. The van der Waals surface area contributed by atoms with Crippen LogP contribution in [0.2, 0.25) is 0 Å². The molecule has 0 fully saturated rings. The third kappa shape index (κ3) is 4.97. The number of hydrogen-bond acceptors (Lipinski definition) is 4. The van der Waals surface area contributed by atoms with Crippen LogP contribution in [0, 0.1) is 11.3 Å². The van der Waals surface area contributed by atoms with Crippen LogP contribution < -0.4 is 0 Å². The summed E-state index contributed by atoms with van der Waals surface area (Å²) in [5.41, 5.74) is -0.167. The van der Waals surface area contributed by atoms with Crippen LogP contribution in [0.5, 0.6) is 0 Å². The molecule has 0 amide bonds. The molecule has 32 heavy (non-hydrogen) atoms. The highest BCUT2D eigenvalue weighted by atomic mass is 19.4. The number of allylic oxidation sites excluding steroid dienone is 2. The molecule has 1 aromatic rings. The number of esters is 1. The highest BCUT2D eigenvalue weighted by Crippen LogP contribution is 2.50. The number of alkyl halides is 3. The molecule has 4 nitrogen and oxygen atoms in total. The molecule has 0 saturated carbocycles. The van der Waals surface area contributed by atoms with Crippen molar-refractivity contribution in [1.82, 2.24) is 0 Å². The van der Waals surface area contributed by atoms with Gasteiger partial charge in [0.25, 0.3) is 0 Å². The van der Waals surface area contributed by atoms with Crippen LogP contribution in [0.25, 0.3) is 0 Å². The van der Waals surface area contributed by atoms with Gasteiger partial charge in [-0.15, -0.1) is 0 Å². The van der Waals surface area contributed by atoms with Crippen molar-refractivity contribution in [3.63, 3.8) is 0 Å². The maximum Gasteiger partial charge on any atom is 0.416 e. The lowest BCUT2D eigenvalue weighted by molar-refractivity contribution is -0.147. The van der Waals surface area contributed by atoms with Crippen molar-refractivity contribution in [2.24, 2.45) is 16.3 Å². The van der Waals surface area contributed by atoms with Crippen molar-refractivity contribution in [1.29, 1.82) is 0 Å². The van der Waals surface area contributed by atoms with Gasteiger partial charge in [-0.1, -0.05) is 51.8 Å². The molecule has 1 heterocycles. The Balaban J connectivity index is 2.13. The lowest BCUT2D eigenvalue weighted by Gasteiger charge is -2.39. The average Bonchev–Trinajstić information content (AvgIpc) is 2.68. The van der Waals surface area contributed by atoms with Crippen molar-refractivity contribution >= 4 is 17.5 Å². The van der Waals surface area contributed by atoms with Crippen molar-refractivity contribution in [3.8, 4) is 0 Å². The molecule has 3 rings (SSSR count). The Bertz CT molecular complexity index is 959. The average molecular weight is 450 g/mol. The summed E-state index contributed by atoms with van der Waals surface area (Å²) in [6.45, 7) is 7.72. The third-order valence-electron chi connectivity index (χ3n) is 6.15. The molecule has 0 bridgehead atoms. The Hall–Kier alpha value is -2.44. The summed E-state index contributed by atoms with van der Waals surface area (Å²) in [5.74, 6) is -3.02. The molecule has 2 aliphatic rings. The molecule has 1 aliphatic heterocycles. The maximum atomic E-state index is 13.9. The van der Waals surface area contributed by atoms with E-state index in [-0.39, 0.29) is 35.4 Å². The number of unbranched alkanes of at least 4 members (excludes halogenated alkanes) is 2. The number of nitrogens with zero attached hydrogens (tertiary/aromatic N) is 1. The predicted molar refractivity (Wildman–Crippen MR) is 116 cm³/mol. The second-order valence-corrected chi connectivity index (χ2v) is 9.47. The second-order valence-electron chi connectivity index (χ2n) is 9.47. The Kier molecular flexibility index (Phi) is 6.96. The first-order valence-corrected chi connectivity index (χ1v) is 11.1. The van der Waals surface area contributed by atoms with Gasteiger partial charge in [0.15, 0.2) is 5.78 Å². The monoisotopic (exact) mass is 449 g/mol. The van der Waals surface area contributed by atoms with Gasteiger partial charge in [-0.2, -0.15) is 13.2 Å². The Morgan fingerprint density at radius 1 is 1.19 bits per heavy atom. The highest BCUT2D eigenvalue weighted by molar-refractivity contribution is 6.09. The van der Waals surface area contributed by atoms with Crippen LogP contribution in [-0.4, -0.2) is 24.1 Å². The van der Waals surface area contributed by atoms with Crippen molar-refractivity contribution in [2.45, 2.75) is 71.9 Å². The SMILES string of the molecule is CCCCCOC(=O)C1C(C)=NC2=C(C(=O)CC(C)(C)C2)[C@H]1c1ccccc1C(F)(F)F. The zero-order chi connectivity index (χ0) is 23.7. The van der Waals surface area contributed by atoms with E-state index < -0.39 is 29.5 Å². The lowest BCUT2D eigenvalue weighted by Crippen LogP contribution is -2.40. The minimum atomic E-state index is -4.62. The van der Waals surface area contributed by atoms with E-state index >= 15 is 0 Å². The fourth-order valence-corrected chi connectivity index (χ4v) is 4.73. The number of Topliss-reactive ketones (excluding diaryl/α,β-unsaturated/α-hetero) is 1. The van der Waals surface area contributed by atoms with Gasteiger partial charge in [0, 0.05) is 29.3 Å². The number of ketones is 1. The zero-order valence-electron chi connectivity index (χ0n) is 19.0. The first-order chi connectivity index (χ1) is 15.0. The van der Waals surface area contributed by atoms with Gasteiger partial charge in [0.05, 0.1) is 12.2 Å². The summed E-state index contributed by atoms with van der Waals surface area (Å²) < 4.78 is 47.2. The minimum Gasteiger partial charge on any atom is -0.465 e. The number of rotatable bonds is 6. The summed E-state index contributed by atoms with van der Waals surface area (Å²) in [5, 5.41) is 0. The zero-order valence-corrected chi connectivity index (χ0v) is 19.0. The molecule has 0 spiro atoms. The van der Waals surface area contributed by atoms with Gasteiger partial charge in [0.1, 0.15) is 5.92 Å². The van der Waals surface area contributed by atoms with Crippen LogP contribution in [0.3, 0.4) is 0 Å². The van der Waals surface area contributed by atoms with Crippen molar-refractivity contribution in [2.75, 3.05) is 6.61 Å². The molecule has 0 N–H and O–H groups in total. The van der Waals surface area contributed by atoms with Gasteiger partial charge < -0.3 is 4.74 Å². The van der Waals surface area contributed by atoms with E-state index in [1.165, 1.54) is 18.2 Å². The number of carbonyl (C=O) groups excluding carboxylic acids is 2. The fourth-order valence-electron chi connectivity index (χ4n) is 4.73. The molecular formula is C25H30F3NO3. The predicted octanol–water partition coefficient (Wildman–Crippen LogP) is 6.26. The molecule has 1 aromatic carbocycles. The van der Waals surface area contributed by atoms with E-state index in [1.807, 2.05) is 20.8 Å². The van der Waals surface area contributed by atoms with Crippen LogP contribution in [-0.2, 0) is 20.5 Å². The molecule has 1 unspecified atom stereocenters.